The number of aromatic nitrogens is 4. The van der Waals surface area contributed by atoms with E-state index in [1.807, 2.05) is 9.97 Å². The molecule has 0 saturated carbocycles. The molecule has 0 fully saturated rings. The van der Waals surface area contributed by atoms with Crippen LogP contribution in [-0.4, -0.2) is 19.9 Å². The van der Waals surface area contributed by atoms with Crippen LogP contribution in [0.3, 0.4) is 0 Å². The Morgan fingerprint density at radius 3 is 1.94 bits per heavy atom. The number of rotatable bonds is 0. The Hall–Kier alpha value is -2.64. The highest BCUT2D eigenvalue weighted by Crippen LogP contribution is 1.73. The molecule has 0 unspecified atom stereocenters. The fourth-order valence-electron chi connectivity index (χ4n) is 0.974. The topological polar surface area (TPSA) is 131 Å². The Bertz CT molecular complexity index is 652. The summed E-state index contributed by atoms with van der Waals surface area (Å²) in [7, 11) is 0. The van der Waals surface area contributed by atoms with Gasteiger partial charge in [0, 0.05) is 24.0 Å². The molecule has 8 nitrogen and oxygen atoms in total. The molecule has 90 valence electrons. The number of hydrogen-bond donors (Lipinski definition) is 4. The molecular formula is C9H10N4O4. The van der Waals surface area contributed by atoms with Gasteiger partial charge in [0.05, 0.1) is 0 Å². The summed E-state index contributed by atoms with van der Waals surface area (Å²) in [5.41, 5.74) is -1.11. The lowest BCUT2D eigenvalue weighted by molar-refractivity contribution is 0.994. The van der Waals surface area contributed by atoms with Crippen molar-refractivity contribution in [2.24, 2.45) is 0 Å². The quantitative estimate of drug-likeness (QED) is 0.441. The molecule has 0 bridgehead atoms. The number of nitrogens with one attached hydrogen (secondary N) is 4. The zero-order chi connectivity index (χ0) is 12.8. The first-order chi connectivity index (χ1) is 7.97. The molecule has 0 spiro atoms. The van der Waals surface area contributed by atoms with Gasteiger partial charge in [0.25, 0.3) is 11.1 Å². The van der Waals surface area contributed by atoms with Crippen LogP contribution in [0.4, 0.5) is 0 Å². The Balaban J connectivity index is 0.000000171. The lowest BCUT2D eigenvalue weighted by Crippen LogP contribution is -2.21. The van der Waals surface area contributed by atoms with E-state index in [4.69, 9.17) is 0 Å². The zero-order valence-corrected chi connectivity index (χ0v) is 8.87. The first-order valence-electron chi connectivity index (χ1n) is 4.55. The molecule has 17 heavy (non-hydrogen) atoms. The highest BCUT2D eigenvalue weighted by Gasteiger charge is 1.86. The van der Waals surface area contributed by atoms with E-state index in [9.17, 15) is 19.2 Å². The highest BCUT2D eigenvalue weighted by atomic mass is 16.2. The van der Waals surface area contributed by atoms with Crippen LogP contribution in [0.5, 0.6) is 0 Å². The second-order valence-electron chi connectivity index (χ2n) is 3.07. The monoisotopic (exact) mass is 238 g/mol. The van der Waals surface area contributed by atoms with Crippen LogP contribution in [-0.2, 0) is 0 Å². The van der Waals surface area contributed by atoms with Gasteiger partial charge in [-0.2, -0.15) is 0 Å². The summed E-state index contributed by atoms with van der Waals surface area (Å²) in [6.45, 7) is 1.65. The molecular weight excluding hydrogens is 228 g/mol. The molecule has 0 atom stereocenters. The van der Waals surface area contributed by atoms with Gasteiger partial charge in [-0.3, -0.25) is 19.6 Å². The molecule has 0 aliphatic heterocycles. The largest absolute Gasteiger partial charge is 0.325 e. The van der Waals surface area contributed by atoms with Crippen molar-refractivity contribution in [2.45, 2.75) is 6.92 Å². The lowest BCUT2D eigenvalue weighted by atomic mass is 10.5. The smallest absolute Gasteiger partial charge is 0.314 e. The van der Waals surface area contributed by atoms with Crippen molar-refractivity contribution in [3.8, 4) is 0 Å². The van der Waals surface area contributed by atoms with Crippen LogP contribution in [0.2, 0.25) is 0 Å². The van der Waals surface area contributed by atoms with Crippen molar-refractivity contribution < 1.29 is 0 Å². The molecule has 2 heterocycles. The van der Waals surface area contributed by atoms with Gasteiger partial charge in [-0.1, -0.05) is 0 Å². The molecule has 2 rings (SSSR count). The van der Waals surface area contributed by atoms with Crippen LogP contribution < -0.4 is 22.5 Å². The maximum Gasteiger partial charge on any atom is 0.325 e. The van der Waals surface area contributed by atoms with E-state index in [1.165, 1.54) is 18.3 Å². The fraction of sp³-hybridized carbons (Fsp3) is 0.111. The summed E-state index contributed by atoms with van der Waals surface area (Å²) < 4.78 is 0. The maximum absolute atomic E-state index is 10.4. The molecule has 0 radical (unpaired) electrons. The first kappa shape index (κ1) is 12.4. The van der Waals surface area contributed by atoms with Crippen molar-refractivity contribution in [1.82, 2.24) is 19.9 Å². The van der Waals surface area contributed by atoms with Crippen molar-refractivity contribution in [1.29, 1.82) is 0 Å². The highest BCUT2D eigenvalue weighted by molar-refractivity contribution is 4.93. The van der Waals surface area contributed by atoms with E-state index < -0.39 is 11.4 Å². The van der Waals surface area contributed by atoms with E-state index in [1.54, 1.807) is 6.92 Å². The van der Waals surface area contributed by atoms with Crippen molar-refractivity contribution >= 4 is 0 Å². The number of aromatic amines is 4. The van der Waals surface area contributed by atoms with Gasteiger partial charge in [-0.25, -0.2) is 9.59 Å². The molecule has 0 saturated heterocycles. The molecule has 8 heteroatoms. The van der Waals surface area contributed by atoms with E-state index in [0.717, 1.165) is 0 Å². The summed E-state index contributed by atoms with van der Waals surface area (Å²) in [5, 5.41) is 0. The molecule has 0 aliphatic rings. The van der Waals surface area contributed by atoms with Crippen molar-refractivity contribution in [2.75, 3.05) is 0 Å². The maximum atomic E-state index is 10.4. The average Bonchev–Trinajstić information content (AvgIpc) is 2.15. The molecule has 4 N–H and O–H groups in total. The van der Waals surface area contributed by atoms with E-state index in [-0.39, 0.29) is 11.1 Å². The Kier molecular flexibility index (Phi) is 3.98. The predicted octanol–water partition coefficient (Wildman–Crippen LogP) is -1.57. The van der Waals surface area contributed by atoms with Gasteiger partial charge in [0.1, 0.15) is 0 Å². The van der Waals surface area contributed by atoms with Crippen LogP contribution in [0, 0.1) is 6.92 Å². The van der Waals surface area contributed by atoms with Gasteiger partial charge >= 0.3 is 11.4 Å². The van der Waals surface area contributed by atoms with Gasteiger partial charge in [0.2, 0.25) is 0 Å². The van der Waals surface area contributed by atoms with E-state index >= 15 is 0 Å². The third-order valence-electron chi connectivity index (χ3n) is 1.58. The lowest BCUT2D eigenvalue weighted by Gasteiger charge is -1.85. The summed E-state index contributed by atoms with van der Waals surface area (Å²) in [4.78, 5) is 49.9. The second-order valence-corrected chi connectivity index (χ2v) is 3.07. The third-order valence-corrected chi connectivity index (χ3v) is 1.58. The Morgan fingerprint density at radius 2 is 1.53 bits per heavy atom. The molecule has 0 aromatic carbocycles. The fourth-order valence-corrected chi connectivity index (χ4v) is 0.974. The van der Waals surface area contributed by atoms with Gasteiger partial charge in [-0.05, 0) is 6.92 Å². The summed E-state index contributed by atoms with van der Waals surface area (Å²) >= 11 is 0. The zero-order valence-electron chi connectivity index (χ0n) is 8.87. The minimum atomic E-state index is -0.475. The van der Waals surface area contributed by atoms with E-state index in [2.05, 4.69) is 9.97 Å². The van der Waals surface area contributed by atoms with E-state index in [0.29, 0.717) is 5.69 Å². The number of hydrogen-bond acceptors (Lipinski definition) is 4. The summed E-state index contributed by atoms with van der Waals surface area (Å²) in [5.74, 6) is 0. The minimum Gasteiger partial charge on any atom is -0.314 e. The van der Waals surface area contributed by atoms with Crippen molar-refractivity contribution in [3.63, 3.8) is 0 Å². The molecule has 0 aliphatic carbocycles. The number of H-pyrrole nitrogens is 4. The molecule has 0 amide bonds. The van der Waals surface area contributed by atoms with Crippen molar-refractivity contribution in [3.05, 3.63) is 65.7 Å². The summed E-state index contributed by atoms with van der Waals surface area (Å²) in [6.07, 6.45) is 1.29. The first-order valence-corrected chi connectivity index (χ1v) is 4.55. The van der Waals surface area contributed by atoms with Gasteiger partial charge in [0.15, 0.2) is 0 Å². The molecule has 2 aromatic heterocycles. The normalized spacial score (nSPS) is 9.24. The average molecular weight is 238 g/mol. The second kappa shape index (κ2) is 5.45. The van der Waals surface area contributed by atoms with Crippen LogP contribution in [0.1, 0.15) is 5.69 Å². The minimum absolute atomic E-state index is 0.365. The van der Waals surface area contributed by atoms with Crippen LogP contribution in [0.25, 0.3) is 0 Å². The standard InChI is InChI=1S/C5H6N2O2.C4H4N2O2/c1-3-2-4(8)7-5(9)6-3;7-3-1-2-5-4(8)6-3/h2H,1H3,(H2,6,7,8,9);1-2H,(H2,5,6,7,8). The van der Waals surface area contributed by atoms with Crippen LogP contribution in [0.15, 0.2) is 37.5 Å². The Morgan fingerprint density at radius 1 is 0.882 bits per heavy atom. The molecule has 2 aromatic rings. The third kappa shape index (κ3) is 4.60. The van der Waals surface area contributed by atoms with Gasteiger partial charge in [-0.15, -0.1) is 0 Å². The predicted molar refractivity (Wildman–Crippen MR) is 60.1 cm³/mol. The van der Waals surface area contributed by atoms with Crippen LogP contribution >= 0.6 is 0 Å². The summed E-state index contributed by atoms with van der Waals surface area (Å²) in [6, 6.07) is 2.56. The van der Waals surface area contributed by atoms with Gasteiger partial charge < -0.3 is 9.97 Å². The number of aryl methyl sites for hydroxylation is 1. The Labute approximate surface area is 93.4 Å². The SMILES string of the molecule is Cc1cc(=O)[nH]c(=O)[nH]1.O=c1cc[nH]c(=O)[nH]1.